The number of nitrogens with zero attached hydrogens (tertiary/aromatic N) is 1. The normalized spacial score (nSPS) is 17.8. The molecule has 0 unspecified atom stereocenters. The van der Waals surface area contributed by atoms with Gasteiger partial charge in [-0.1, -0.05) is 18.2 Å². The van der Waals surface area contributed by atoms with Gasteiger partial charge >= 0.3 is 0 Å². The van der Waals surface area contributed by atoms with Crippen molar-refractivity contribution in [3.05, 3.63) is 35.6 Å². The maximum Gasteiger partial charge on any atom is 0.219 e. The number of sulfonamides is 1. The molecule has 0 N–H and O–H groups in total. The van der Waals surface area contributed by atoms with Crippen LogP contribution in [0.3, 0.4) is 0 Å². The van der Waals surface area contributed by atoms with E-state index in [9.17, 15) is 12.8 Å². The molecule has 0 aliphatic carbocycles. The quantitative estimate of drug-likeness (QED) is 0.830. The molecule has 0 saturated carbocycles. The fourth-order valence-electron chi connectivity index (χ4n) is 1.52. The van der Waals surface area contributed by atoms with E-state index in [2.05, 4.69) is 0 Å². The maximum absolute atomic E-state index is 13.3. The van der Waals surface area contributed by atoms with Gasteiger partial charge in [0.1, 0.15) is 5.82 Å². The largest absolute Gasteiger partial charge is 0.219 e. The molecule has 1 aliphatic rings. The Labute approximate surface area is 98.7 Å². The van der Waals surface area contributed by atoms with Gasteiger partial charge in [0.2, 0.25) is 10.0 Å². The molecule has 0 radical (unpaired) electrons. The molecule has 1 saturated heterocycles. The van der Waals surface area contributed by atoms with Crippen molar-refractivity contribution >= 4 is 21.8 Å². The number of rotatable bonds is 3. The van der Waals surface area contributed by atoms with Crippen LogP contribution in [0.2, 0.25) is 0 Å². The average Bonchev–Trinajstić information content (AvgIpc) is 2.75. The summed E-state index contributed by atoms with van der Waals surface area (Å²) in [6.45, 7) is 0.529. The van der Waals surface area contributed by atoms with E-state index in [1.807, 2.05) is 0 Å². The van der Waals surface area contributed by atoms with E-state index in [1.54, 1.807) is 23.9 Å². The summed E-state index contributed by atoms with van der Waals surface area (Å²) in [5.41, 5.74) is 0.236. The van der Waals surface area contributed by atoms with Crippen LogP contribution in [0.4, 0.5) is 4.39 Å². The lowest BCUT2D eigenvalue weighted by molar-refractivity contribution is 0.487. The van der Waals surface area contributed by atoms with Crippen molar-refractivity contribution in [1.29, 1.82) is 0 Å². The van der Waals surface area contributed by atoms with E-state index in [0.29, 0.717) is 12.4 Å². The molecule has 0 atom stereocenters. The predicted molar refractivity (Wildman–Crippen MR) is 63.1 cm³/mol. The van der Waals surface area contributed by atoms with Crippen molar-refractivity contribution in [2.24, 2.45) is 0 Å². The third-order valence-corrected chi connectivity index (χ3v) is 5.31. The van der Waals surface area contributed by atoms with Gasteiger partial charge in [-0.2, -0.15) is 4.31 Å². The lowest BCUT2D eigenvalue weighted by Crippen LogP contribution is -2.29. The Bertz CT molecular complexity index is 469. The molecule has 1 aromatic rings. The van der Waals surface area contributed by atoms with Crippen LogP contribution in [0, 0.1) is 5.82 Å². The molecule has 1 aliphatic heterocycles. The highest BCUT2D eigenvalue weighted by Crippen LogP contribution is 2.21. The second kappa shape index (κ2) is 4.73. The van der Waals surface area contributed by atoms with Gasteiger partial charge in [-0.3, -0.25) is 0 Å². The van der Waals surface area contributed by atoms with E-state index in [4.69, 9.17) is 0 Å². The fourth-order valence-corrected chi connectivity index (χ4v) is 4.49. The van der Waals surface area contributed by atoms with Gasteiger partial charge in [-0.05, 0) is 6.07 Å². The first kappa shape index (κ1) is 11.9. The SMILES string of the molecule is O=S(=O)(Cc1ccccc1F)N1CCSC1. The Morgan fingerprint density at radius 3 is 2.75 bits per heavy atom. The van der Waals surface area contributed by atoms with Crippen molar-refractivity contribution < 1.29 is 12.8 Å². The number of benzene rings is 1. The topological polar surface area (TPSA) is 37.4 Å². The van der Waals surface area contributed by atoms with Gasteiger partial charge in [0.25, 0.3) is 0 Å². The summed E-state index contributed by atoms with van der Waals surface area (Å²) in [7, 11) is -3.36. The zero-order valence-electron chi connectivity index (χ0n) is 8.60. The Balaban J connectivity index is 2.18. The van der Waals surface area contributed by atoms with Crippen molar-refractivity contribution in [2.75, 3.05) is 18.2 Å². The van der Waals surface area contributed by atoms with Gasteiger partial charge in [0.05, 0.1) is 11.6 Å². The van der Waals surface area contributed by atoms with Crippen LogP contribution in [0.15, 0.2) is 24.3 Å². The third-order valence-electron chi connectivity index (χ3n) is 2.41. The molecule has 1 heterocycles. The fraction of sp³-hybridized carbons (Fsp3) is 0.400. The maximum atomic E-state index is 13.3. The molecule has 88 valence electrons. The zero-order valence-corrected chi connectivity index (χ0v) is 10.2. The average molecular weight is 261 g/mol. The highest BCUT2D eigenvalue weighted by molar-refractivity contribution is 8.00. The van der Waals surface area contributed by atoms with Crippen molar-refractivity contribution in [1.82, 2.24) is 4.31 Å². The summed E-state index contributed by atoms with van der Waals surface area (Å²) < 4.78 is 38.5. The number of hydrogen-bond donors (Lipinski definition) is 0. The van der Waals surface area contributed by atoms with Gasteiger partial charge < -0.3 is 0 Å². The van der Waals surface area contributed by atoms with Crippen molar-refractivity contribution in [3.63, 3.8) is 0 Å². The van der Waals surface area contributed by atoms with Gasteiger partial charge in [-0.25, -0.2) is 12.8 Å². The van der Waals surface area contributed by atoms with Gasteiger partial charge in [0, 0.05) is 17.9 Å². The lowest BCUT2D eigenvalue weighted by Gasteiger charge is -2.14. The van der Waals surface area contributed by atoms with Crippen LogP contribution in [0.25, 0.3) is 0 Å². The number of hydrogen-bond acceptors (Lipinski definition) is 3. The summed E-state index contributed by atoms with van der Waals surface area (Å²) >= 11 is 1.58. The first-order chi connectivity index (χ1) is 7.59. The highest BCUT2D eigenvalue weighted by atomic mass is 32.2. The molecule has 2 rings (SSSR count). The van der Waals surface area contributed by atoms with Crippen LogP contribution in [-0.2, 0) is 15.8 Å². The molecule has 16 heavy (non-hydrogen) atoms. The lowest BCUT2D eigenvalue weighted by atomic mass is 10.2. The van der Waals surface area contributed by atoms with E-state index < -0.39 is 15.8 Å². The standard InChI is InChI=1S/C10H12FNO2S2/c11-10-4-2-1-3-9(10)7-16(13,14)12-5-6-15-8-12/h1-4H,5-8H2. The van der Waals surface area contributed by atoms with Crippen LogP contribution in [0.1, 0.15) is 5.56 Å². The molecule has 3 nitrogen and oxygen atoms in total. The molecule has 0 aromatic heterocycles. The Morgan fingerprint density at radius 2 is 2.12 bits per heavy atom. The Kier molecular flexibility index (Phi) is 3.51. The van der Waals surface area contributed by atoms with Crippen molar-refractivity contribution in [3.8, 4) is 0 Å². The molecular formula is C10H12FNO2S2. The van der Waals surface area contributed by atoms with E-state index in [0.717, 1.165) is 5.75 Å². The predicted octanol–water partition coefficient (Wildman–Crippen LogP) is 1.66. The minimum absolute atomic E-state index is 0.236. The highest BCUT2D eigenvalue weighted by Gasteiger charge is 2.26. The van der Waals surface area contributed by atoms with E-state index in [-0.39, 0.29) is 11.3 Å². The second-order valence-electron chi connectivity index (χ2n) is 3.56. The first-order valence-corrected chi connectivity index (χ1v) is 7.65. The third kappa shape index (κ3) is 2.56. The number of halogens is 1. The molecule has 0 spiro atoms. The molecular weight excluding hydrogens is 249 g/mol. The Hall–Kier alpha value is -0.590. The summed E-state index contributed by atoms with van der Waals surface area (Å²) in [6, 6.07) is 5.99. The smallest absolute Gasteiger partial charge is 0.212 e. The number of thioether (sulfide) groups is 1. The molecule has 6 heteroatoms. The summed E-state index contributed by atoms with van der Waals surface area (Å²) in [5, 5.41) is 0. The molecule has 1 aromatic carbocycles. The van der Waals surface area contributed by atoms with Crippen LogP contribution in [0.5, 0.6) is 0 Å². The minimum Gasteiger partial charge on any atom is -0.212 e. The van der Waals surface area contributed by atoms with Crippen LogP contribution >= 0.6 is 11.8 Å². The van der Waals surface area contributed by atoms with E-state index >= 15 is 0 Å². The molecule has 0 bridgehead atoms. The van der Waals surface area contributed by atoms with Crippen LogP contribution in [-0.4, -0.2) is 30.9 Å². The van der Waals surface area contributed by atoms with E-state index in [1.165, 1.54) is 16.4 Å². The first-order valence-electron chi connectivity index (χ1n) is 4.88. The Morgan fingerprint density at radius 1 is 1.38 bits per heavy atom. The zero-order chi connectivity index (χ0) is 11.6. The van der Waals surface area contributed by atoms with Gasteiger partial charge in [0.15, 0.2) is 0 Å². The molecule has 0 amide bonds. The summed E-state index contributed by atoms with van der Waals surface area (Å²) in [5.74, 6) is 0.589. The van der Waals surface area contributed by atoms with Crippen molar-refractivity contribution in [2.45, 2.75) is 5.75 Å². The summed E-state index contributed by atoms with van der Waals surface area (Å²) in [4.78, 5) is 0. The minimum atomic E-state index is -3.36. The summed E-state index contributed by atoms with van der Waals surface area (Å²) in [6.07, 6.45) is 0. The van der Waals surface area contributed by atoms with Gasteiger partial charge in [-0.15, -0.1) is 11.8 Å². The van der Waals surface area contributed by atoms with Crippen LogP contribution < -0.4 is 0 Å². The molecule has 1 fully saturated rings. The monoisotopic (exact) mass is 261 g/mol. The second-order valence-corrected chi connectivity index (χ2v) is 6.60.